The third-order valence-electron chi connectivity index (χ3n) is 8.27. The molecule has 3 aromatic rings. The highest BCUT2D eigenvalue weighted by atomic mass is 28.3. The first kappa shape index (κ1) is 33.9. The third-order valence-corrected chi connectivity index (χ3v) is 9.97. The van der Waals surface area contributed by atoms with E-state index in [9.17, 15) is 4.79 Å². The van der Waals surface area contributed by atoms with Gasteiger partial charge >= 0.3 is 6.09 Å². The summed E-state index contributed by atoms with van der Waals surface area (Å²) in [5.74, 6) is 1.66. The van der Waals surface area contributed by atoms with E-state index in [0.717, 1.165) is 53.0 Å². The number of fused-ring (bicyclic) bond motifs is 1. The monoisotopic (exact) mass is 649 g/mol. The van der Waals surface area contributed by atoms with E-state index in [-0.39, 0.29) is 18.2 Å². The maximum absolute atomic E-state index is 12.9. The number of hydrogen-bond donors (Lipinski definition) is 1. The Balaban J connectivity index is 1.32. The second-order valence-electron chi connectivity index (χ2n) is 14.7. The van der Waals surface area contributed by atoms with E-state index in [1.807, 2.05) is 43.9 Å². The molecule has 0 aliphatic carbocycles. The van der Waals surface area contributed by atoms with Crippen molar-refractivity contribution < 1.29 is 19.0 Å². The van der Waals surface area contributed by atoms with E-state index in [4.69, 9.17) is 24.2 Å². The van der Waals surface area contributed by atoms with Crippen LogP contribution in [-0.4, -0.2) is 89.2 Å². The Labute approximate surface area is 274 Å². The van der Waals surface area contributed by atoms with Crippen LogP contribution in [0.15, 0.2) is 36.8 Å². The lowest BCUT2D eigenvalue weighted by Crippen LogP contribution is -2.59. The van der Waals surface area contributed by atoms with E-state index in [2.05, 4.69) is 65.5 Å². The van der Waals surface area contributed by atoms with Crippen LogP contribution in [0.25, 0.3) is 16.6 Å². The summed E-state index contributed by atoms with van der Waals surface area (Å²) >= 11 is 0. The van der Waals surface area contributed by atoms with Gasteiger partial charge in [-0.1, -0.05) is 31.8 Å². The summed E-state index contributed by atoms with van der Waals surface area (Å²) in [6, 6.07) is 7.19. The smallest absolute Gasteiger partial charge is 0.410 e. The first-order valence-electron chi connectivity index (χ1n) is 16.4. The van der Waals surface area contributed by atoms with Crippen molar-refractivity contribution in [1.82, 2.24) is 24.4 Å². The zero-order valence-electron chi connectivity index (χ0n) is 28.8. The van der Waals surface area contributed by atoms with Crippen LogP contribution in [0.5, 0.6) is 0 Å². The Hall–Kier alpha value is -3.48. The highest BCUT2D eigenvalue weighted by molar-refractivity contribution is 6.76. The number of pyridine rings is 1. The van der Waals surface area contributed by atoms with Gasteiger partial charge in [0.15, 0.2) is 0 Å². The van der Waals surface area contributed by atoms with Gasteiger partial charge in [0.25, 0.3) is 0 Å². The van der Waals surface area contributed by atoms with Crippen molar-refractivity contribution in [3.63, 3.8) is 0 Å². The van der Waals surface area contributed by atoms with Crippen molar-refractivity contribution in [2.45, 2.75) is 97.7 Å². The molecule has 2 aliphatic heterocycles. The Morgan fingerprint density at radius 3 is 2.57 bits per heavy atom. The molecule has 12 heteroatoms. The van der Waals surface area contributed by atoms with Gasteiger partial charge in [-0.15, -0.1) is 0 Å². The second-order valence-corrected chi connectivity index (χ2v) is 20.3. The van der Waals surface area contributed by atoms with Crippen LogP contribution in [0.4, 0.5) is 16.4 Å². The fourth-order valence-corrected chi connectivity index (χ4v) is 6.77. The average molecular weight is 650 g/mol. The molecular weight excluding hydrogens is 599 g/mol. The molecular formula is C34H51N7O4Si. The Morgan fingerprint density at radius 2 is 1.89 bits per heavy atom. The summed E-state index contributed by atoms with van der Waals surface area (Å²) in [7, 11) is -1.18. The van der Waals surface area contributed by atoms with Crippen molar-refractivity contribution in [1.29, 1.82) is 0 Å². The summed E-state index contributed by atoms with van der Waals surface area (Å²) in [5.41, 5.74) is 3.57. The normalized spacial score (nSPS) is 19.3. The predicted molar refractivity (Wildman–Crippen MR) is 186 cm³/mol. The minimum Gasteiger partial charge on any atom is -0.444 e. The van der Waals surface area contributed by atoms with Gasteiger partial charge in [0.2, 0.25) is 0 Å². The number of ether oxygens (including phenoxy) is 3. The number of nitrogens with one attached hydrogen (secondary N) is 1. The molecule has 2 aliphatic rings. The standard InChI is InChI=1S/C34H51N7O4Si/c1-24-19-39(20-25(2)41(24)33(42)45-34(3,4)5)29-11-9-10-27(38-29)18-35-31-30-28(26-12-14-43-15-13-26)21-40(32(30)37-22-36-31)23-44-16-17-46(6,7)8/h9-12,21-22,24-25H,13-20,23H2,1-8H3,(H,35,36,37)/t24-,25-/m1/s1. The molecule has 0 bridgehead atoms. The first-order chi connectivity index (χ1) is 21.8. The minimum absolute atomic E-state index is 0.0158. The summed E-state index contributed by atoms with van der Waals surface area (Å²) in [5, 5.41) is 4.55. The van der Waals surface area contributed by atoms with Gasteiger partial charge in [0, 0.05) is 39.5 Å². The minimum atomic E-state index is -1.18. The number of rotatable bonds is 10. The molecule has 1 fully saturated rings. The van der Waals surface area contributed by atoms with Crippen molar-refractivity contribution >= 4 is 42.4 Å². The first-order valence-corrected chi connectivity index (χ1v) is 20.1. The van der Waals surface area contributed by atoms with Gasteiger partial charge in [-0.25, -0.2) is 19.7 Å². The number of carbonyl (C=O) groups excluding carboxylic acids is 1. The molecule has 2 atom stereocenters. The van der Waals surface area contributed by atoms with Crippen molar-refractivity contribution in [2.75, 3.05) is 43.1 Å². The number of piperazine rings is 1. The van der Waals surface area contributed by atoms with E-state index >= 15 is 0 Å². The quantitative estimate of drug-likeness (QED) is 0.198. The van der Waals surface area contributed by atoms with Gasteiger partial charge < -0.3 is 29.0 Å². The Kier molecular flexibility index (Phi) is 10.4. The molecule has 5 rings (SSSR count). The number of carbonyl (C=O) groups is 1. The van der Waals surface area contributed by atoms with E-state index in [1.165, 1.54) is 5.57 Å². The van der Waals surface area contributed by atoms with Gasteiger partial charge in [0.1, 0.15) is 35.9 Å². The lowest BCUT2D eigenvalue weighted by Gasteiger charge is -2.45. The largest absolute Gasteiger partial charge is 0.444 e. The molecule has 46 heavy (non-hydrogen) atoms. The predicted octanol–water partition coefficient (Wildman–Crippen LogP) is 6.39. The molecule has 1 N–H and O–H groups in total. The summed E-state index contributed by atoms with van der Waals surface area (Å²) in [6.45, 7) is 21.3. The molecule has 1 saturated heterocycles. The molecule has 0 aromatic carbocycles. The molecule has 0 saturated carbocycles. The SMILES string of the molecule is C[C@@H]1CN(c2cccc(CNc3ncnc4c3c(C3=CCOCC3)cn4COCC[Si](C)(C)C)n2)C[C@@H](C)N1C(=O)OC(C)(C)C. The molecule has 0 spiro atoms. The molecule has 1 amide bonds. The van der Waals surface area contributed by atoms with Crippen LogP contribution in [0.3, 0.4) is 0 Å². The lowest BCUT2D eigenvalue weighted by molar-refractivity contribution is 0.00559. The van der Waals surface area contributed by atoms with Crippen LogP contribution in [-0.2, 0) is 27.5 Å². The van der Waals surface area contributed by atoms with Crippen LogP contribution in [0.1, 0.15) is 52.3 Å². The van der Waals surface area contributed by atoms with Gasteiger partial charge in [0.05, 0.1) is 42.9 Å². The highest BCUT2D eigenvalue weighted by Crippen LogP contribution is 2.34. The molecule has 3 aromatic heterocycles. The van der Waals surface area contributed by atoms with E-state index in [1.54, 1.807) is 6.33 Å². The molecule has 11 nitrogen and oxygen atoms in total. The molecule has 250 valence electrons. The average Bonchev–Trinajstić information content (AvgIpc) is 3.36. The zero-order chi connectivity index (χ0) is 33.1. The van der Waals surface area contributed by atoms with Crippen LogP contribution in [0.2, 0.25) is 25.7 Å². The van der Waals surface area contributed by atoms with Crippen molar-refractivity contribution in [2.24, 2.45) is 0 Å². The third kappa shape index (κ3) is 8.45. The van der Waals surface area contributed by atoms with E-state index in [0.29, 0.717) is 39.6 Å². The van der Waals surface area contributed by atoms with E-state index < -0.39 is 13.7 Å². The number of nitrogens with zero attached hydrogens (tertiary/aromatic N) is 6. The number of amides is 1. The topological polar surface area (TPSA) is 107 Å². The lowest BCUT2D eigenvalue weighted by atomic mass is 10.0. The zero-order valence-corrected chi connectivity index (χ0v) is 29.8. The highest BCUT2D eigenvalue weighted by Gasteiger charge is 2.36. The van der Waals surface area contributed by atoms with Gasteiger partial charge in [-0.3, -0.25) is 4.90 Å². The molecule has 0 radical (unpaired) electrons. The Bertz CT molecular complexity index is 1530. The van der Waals surface area contributed by atoms with Crippen LogP contribution in [0, 0.1) is 0 Å². The van der Waals surface area contributed by atoms with Gasteiger partial charge in [-0.05, 0) is 64.8 Å². The summed E-state index contributed by atoms with van der Waals surface area (Å²) < 4.78 is 19.5. The molecule has 0 unspecified atom stereocenters. The summed E-state index contributed by atoms with van der Waals surface area (Å²) in [6.07, 6.45) is 6.49. The fourth-order valence-electron chi connectivity index (χ4n) is 6.01. The van der Waals surface area contributed by atoms with Crippen molar-refractivity contribution in [3.05, 3.63) is 48.1 Å². The van der Waals surface area contributed by atoms with Crippen LogP contribution < -0.4 is 10.2 Å². The maximum Gasteiger partial charge on any atom is 0.410 e. The number of aromatic nitrogens is 4. The summed E-state index contributed by atoms with van der Waals surface area (Å²) in [4.78, 5) is 31.4. The Morgan fingerprint density at radius 1 is 1.13 bits per heavy atom. The van der Waals surface area contributed by atoms with Crippen molar-refractivity contribution in [3.8, 4) is 0 Å². The molecule has 5 heterocycles. The van der Waals surface area contributed by atoms with Crippen LogP contribution >= 0.6 is 0 Å². The number of anilines is 2. The van der Waals surface area contributed by atoms with Gasteiger partial charge in [-0.2, -0.15) is 0 Å². The second kappa shape index (κ2) is 14.1. The fraction of sp³-hybridized carbons (Fsp3) is 0.588. The number of hydrogen-bond acceptors (Lipinski definition) is 9. The maximum atomic E-state index is 12.9.